The Balaban J connectivity index is 1.36. The van der Waals surface area contributed by atoms with Crippen LogP contribution >= 0.6 is 11.6 Å². The molecular weight excluding hydrogens is 535 g/mol. The number of amides is 1. The van der Waals surface area contributed by atoms with Crippen molar-refractivity contribution in [1.82, 2.24) is 9.47 Å². The van der Waals surface area contributed by atoms with Gasteiger partial charge >= 0.3 is 5.97 Å². The molecule has 7 nitrogen and oxygen atoms in total. The minimum atomic E-state index is -0.669. The second-order valence-electron chi connectivity index (χ2n) is 10.2. The van der Waals surface area contributed by atoms with Gasteiger partial charge in [-0.25, -0.2) is 4.39 Å². The molecule has 40 heavy (non-hydrogen) atoms. The highest BCUT2D eigenvalue weighted by Crippen LogP contribution is 2.45. The number of rotatable bonds is 8. The summed E-state index contributed by atoms with van der Waals surface area (Å²) >= 11 is 6.42. The van der Waals surface area contributed by atoms with Crippen molar-refractivity contribution in [2.24, 2.45) is 5.92 Å². The van der Waals surface area contributed by atoms with Crippen molar-refractivity contribution < 1.29 is 28.2 Å². The molecule has 212 valence electrons. The Kier molecular flexibility index (Phi) is 8.76. The molecule has 1 amide bonds. The number of benzene rings is 2. The SMILES string of the molecule is CCOC(=O)CC1CCN(C(=O)CC[C@@H]2O[C@@H](c3cccc(F)c3OC)c3cc(Cl)ccc3-n3cccc32)CC1. The number of hydrogen-bond donors (Lipinski definition) is 0. The number of likely N-dealkylation sites (tertiary alicyclic amines) is 1. The van der Waals surface area contributed by atoms with Gasteiger partial charge in [0.05, 0.1) is 31.2 Å². The second-order valence-corrected chi connectivity index (χ2v) is 10.7. The first-order valence-corrected chi connectivity index (χ1v) is 14.2. The summed E-state index contributed by atoms with van der Waals surface area (Å²) in [7, 11) is 1.44. The number of nitrogens with zero attached hydrogens (tertiary/aromatic N) is 2. The number of methoxy groups -OCH3 is 1. The summed E-state index contributed by atoms with van der Waals surface area (Å²) in [5.74, 6) is -0.239. The average molecular weight is 569 g/mol. The number of hydrogen-bond acceptors (Lipinski definition) is 5. The van der Waals surface area contributed by atoms with Crippen LogP contribution in [0.5, 0.6) is 5.75 Å². The number of carbonyl (C=O) groups is 2. The number of fused-ring (bicyclic) bond motifs is 3. The molecule has 0 radical (unpaired) electrons. The Bertz CT molecular complexity index is 1370. The van der Waals surface area contributed by atoms with Gasteiger partial charge in [0.25, 0.3) is 0 Å². The van der Waals surface area contributed by atoms with Crippen LogP contribution < -0.4 is 4.74 Å². The lowest BCUT2D eigenvalue weighted by Gasteiger charge is -2.32. The number of piperidine rings is 1. The summed E-state index contributed by atoms with van der Waals surface area (Å²) < 4.78 is 34.1. The van der Waals surface area contributed by atoms with Gasteiger partial charge in [-0.05, 0) is 68.5 Å². The molecular formula is C31H34ClFN2O5. The third-order valence-corrected chi connectivity index (χ3v) is 8.01. The molecule has 2 aliphatic heterocycles. The summed E-state index contributed by atoms with van der Waals surface area (Å²) in [4.78, 5) is 27.0. The van der Waals surface area contributed by atoms with E-state index in [4.69, 9.17) is 25.8 Å². The second kappa shape index (κ2) is 12.4. The van der Waals surface area contributed by atoms with Gasteiger partial charge in [0.1, 0.15) is 6.10 Å². The van der Waals surface area contributed by atoms with E-state index < -0.39 is 18.0 Å². The number of para-hydroxylation sites is 1. The molecule has 0 N–H and O–H groups in total. The van der Waals surface area contributed by atoms with E-state index in [1.165, 1.54) is 13.2 Å². The Labute approximate surface area is 238 Å². The van der Waals surface area contributed by atoms with Crippen molar-refractivity contribution in [2.45, 2.75) is 51.2 Å². The lowest BCUT2D eigenvalue weighted by atomic mass is 9.93. The minimum absolute atomic E-state index is 0.0565. The lowest BCUT2D eigenvalue weighted by molar-refractivity contribution is -0.144. The fraction of sp³-hybridized carbons (Fsp3) is 0.419. The molecule has 0 aliphatic carbocycles. The lowest BCUT2D eigenvalue weighted by Crippen LogP contribution is -2.39. The van der Waals surface area contributed by atoms with Crippen molar-refractivity contribution in [3.63, 3.8) is 0 Å². The third kappa shape index (κ3) is 5.88. The molecule has 3 aromatic rings. The maximum Gasteiger partial charge on any atom is 0.306 e. The minimum Gasteiger partial charge on any atom is -0.493 e. The molecule has 3 heterocycles. The Morgan fingerprint density at radius 1 is 1.10 bits per heavy atom. The van der Waals surface area contributed by atoms with E-state index in [1.54, 1.807) is 19.1 Å². The first kappa shape index (κ1) is 28.2. The summed E-state index contributed by atoms with van der Waals surface area (Å²) in [5.41, 5.74) is 3.11. The van der Waals surface area contributed by atoms with Crippen LogP contribution in [0.25, 0.3) is 5.69 Å². The Hall–Kier alpha value is -3.36. The summed E-state index contributed by atoms with van der Waals surface area (Å²) in [5, 5.41) is 0.538. The van der Waals surface area contributed by atoms with E-state index in [9.17, 15) is 14.0 Å². The zero-order valence-corrected chi connectivity index (χ0v) is 23.5. The molecule has 2 aromatic carbocycles. The standard InChI is InChI=1S/C31H34ClFN2O5/c1-3-39-29(37)18-20-13-16-34(17-14-20)28(36)12-11-27-26-8-5-15-35(26)25-10-9-21(32)19-23(25)30(40-27)22-6-4-7-24(33)31(22)38-2/h4-10,15,19-20,27,30H,3,11-14,16-18H2,1-2H3/t27-,30-/m0/s1. The Morgan fingerprint density at radius 3 is 2.65 bits per heavy atom. The maximum atomic E-state index is 14.8. The molecule has 0 unspecified atom stereocenters. The average Bonchev–Trinajstić information content (AvgIpc) is 3.39. The van der Waals surface area contributed by atoms with Crippen LogP contribution in [-0.4, -0.2) is 48.1 Å². The van der Waals surface area contributed by atoms with E-state index in [-0.39, 0.29) is 23.5 Å². The van der Waals surface area contributed by atoms with E-state index in [0.717, 1.165) is 29.8 Å². The molecule has 0 saturated carbocycles. The van der Waals surface area contributed by atoms with Crippen molar-refractivity contribution >= 4 is 23.5 Å². The third-order valence-electron chi connectivity index (χ3n) is 7.77. The van der Waals surface area contributed by atoms with Crippen molar-refractivity contribution in [3.05, 3.63) is 82.4 Å². The van der Waals surface area contributed by atoms with Crippen LogP contribution in [-0.2, 0) is 19.1 Å². The quantitative estimate of drug-likeness (QED) is 0.294. The topological polar surface area (TPSA) is 70.0 Å². The van der Waals surface area contributed by atoms with Gasteiger partial charge in [-0.2, -0.15) is 0 Å². The van der Waals surface area contributed by atoms with E-state index >= 15 is 0 Å². The molecule has 0 bridgehead atoms. The summed E-state index contributed by atoms with van der Waals surface area (Å²) in [6, 6.07) is 14.3. The van der Waals surface area contributed by atoms with Gasteiger partial charge in [-0.15, -0.1) is 0 Å². The highest BCUT2D eigenvalue weighted by Gasteiger charge is 2.33. The van der Waals surface area contributed by atoms with Gasteiger partial charge in [0, 0.05) is 48.3 Å². The fourth-order valence-electron chi connectivity index (χ4n) is 5.80. The molecule has 9 heteroatoms. The normalized spacial score (nSPS) is 18.9. The van der Waals surface area contributed by atoms with Crippen molar-refractivity contribution in [2.75, 3.05) is 26.8 Å². The van der Waals surface area contributed by atoms with Crippen molar-refractivity contribution in [1.29, 1.82) is 0 Å². The van der Waals surface area contributed by atoms with Gasteiger partial charge in [0.2, 0.25) is 5.91 Å². The fourth-order valence-corrected chi connectivity index (χ4v) is 5.98. The van der Waals surface area contributed by atoms with Crippen LogP contribution in [0.4, 0.5) is 4.39 Å². The number of aromatic nitrogens is 1. The first-order valence-electron chi connectivity index (χ1n) is 13.8. The number of carbonyl (C=O) groups excluding carboxylic acids is 2. The van der Waals surface area contributed by atoms with Gasteiger partial charge < -0.3 is 23.7 Å². The van der Waals surface area contributed by atoms with Crippen LogP contribution in [0.1, 0.15) is 68.1 Å². The molecule has 2 atom stereocenters. The predicted molar refractivity (Wildman–Crippen MR) is 149 cm³/mol. The molecule has 1 fully saturated rings. The summed E-state index contributed by atoms with van der Waals surface area (Å²) in [6.07, 6.45) is 3.56. The zero-order chi connectivity index (χ0) is 28.2. The van der Waals surface area contributed by atoms with Crippen LogP contribution in [0.2, 0.25) is 5.02 Å². The van der Waals surface area contributed by atoms with Gasteiger partial charge in [-0.1, -0.05) is 23.7 Å². The molecule has 5 rings (SSSR count). The van der Waals surface area contributed by atoms with Crippen LogP contribution in [0, 0.1) is 11.7 Å². The highest BCUT2D eigenvalue weighted by atomic mass is 35.5. The largest absolute Gasteiger partial charge is 0.493 e. The summed E-state index contributed by atoms with van der Waals surface area (Å²) in [6.45, 7) is 3.43. The molecule has 2 aliphatic rings. The zero-order valence-electron chi connectivity index (χ0n) is 22.8. The molecule has 1 saturated heterocycles. The van der Waals surface area contributed by atoms with Crippen LogP contribution in [0.3, 0.4) is 0 Å². The van der Waals surface area contributed by atoms with Crippen molar-refractivity contribution in [3.8, 4) is 11.4 Å². The monoisotopic (exact) mass is 568 g/mol. The number of halogens is 2. The van der Waals surface area contributed by atoms with E-state index in [1.807, 2.05) is 46.0 Å². The van der Waals surface area contributed by atoms with E-state index in [2.05, 4.69) is 0 Å². The van der Waals surface area contributed by atoms with Gasteiger partial charge in [-0.3, -0.25) is 9.59 Å². The predicted octanol–water partition coefficient (Wildman–Crippen LogP) is 6.41. The highest BCUT2D eigenvalue weighted by molar-refractivity contribution is 6.30. The maximum absolute atomic E-state index is 14.8. The molecule has 0 spiro atoms. The number of esters is 1. The van der Waals surface area contributed by atoms with Gasteiger partial charge in [0.15, 0.2) is 11.6 Å². The smallest absolute Gasteiger partial charge is 0.306 e. The van der Waals surface area contributed by atoms with E-state index in [0.29, 0.717) is 49.5 Å². The first-order chi connectivity index (χ1) is 19.4. The Morgan fingerprint density at radius 2 is 1.90 bits per heavy atom. The number of ether oxygens (including phenoxy) is 3. The van der Waals surface area contributed by atoms with Crippen LogP contribution in [0.15, 0.2) is 54.7 Å². The molecule has 1 aromatic heterocycles.